The van der Waals surface area contributed by atoms with E-state index in [4.69, 9.17) is 0 Å². The van der Waals surface area contributed by atoms with Crippen molar-refractivity contribution >= 4 is 17.2 Å². The topological polar surface area (TPSA) is 46.9 Å². The molecular weight excluding hydrogens is 294 g/mol. The van der Waals surface area contributed by atoms with E-state index in [0.717, 1.165) is 22.7 Å². The maximum atomic E-state index is 12.4. The van der Waals surface area contributed by atoms with E-state index in [0.29, 0.717) is 12.2 Å². The number of thiophene rings is 1. The second-order valence-corrected chi connectivity index (χ2v) is 5.84. The molecule has 4 nitrogen and oxygen atoms in total. The predicted molar refractivity (Wildman–Crippen MR) is 89.5 cm³/mol. The molecule has 0 unspecified atom stereocenters. The Morgan fingerprint density at radius 2 is 2.05 bits per heavy atom. The normalized spacial score (nSPS) is 10.6. The maximum absolute atomic E-state index is 12.4. The molecule has 0 radical (unpaired) electrons. The molecule has 1 N–H and O–H groups in total. The van der Waals surface area contributed by atoms with Gasteiger partial charge in [0.1, 0.15) is 11.4 Å². The van der Waals surface area contributed by atoms with Gasteiger partial charge in [-0.3, -0.25) is 4.79 Å². The van der Waals surface area contributed by atoms with Crippen molar-refractivity contribution in [2.45, 2.75) is 13.3 Å². The van der Waals surface area contributed by atoms with Gasteiger partial charge in [0.2, 0.25) is 0 Å². The van der Waals surface area contributed by atoms with Gasteiger partial charge in [0.25, 0.3) is 5.91 Å². The standard InChI is InChI=1S/C17H17N3OS/c1-2-10-18-17(21)15-12-14(16-9-6-11-22-16)19-20(15)13-7-4-3-5-8-13/h3-9,11-12H,2,10H2,1H3,(H,18,21). The molecule has 2 aromatic heterocycles. The van der Waals surface area contributed by atoms with Crippen molar-refractivity contribution < 1.29 is 4.79 Å². The summed E-state index contributed by atoms with van der Waals surface area (Å²) in [4.78, 5) is 13.5. The van der Waals surface area contributed by atoms with Crippen molar-refractivity contribution in [1.82, 2.24) is 15.1 Å². The van der Waals surface area contributed by atoms with E-state index in [9.17, 15) is 4.79 Å². The highest BCUT2D eigenvalue weighted by molar-refractivity contribution is 7.13. The highest BCUT2D eigenvalue weighted by atomic mass is 32.1. The van der Waals surface area contributed by atoms with Gasteiger partial charge in [-0.1, -0.05) is 31.2 Å². The van der Waals surface area contributed by atoms with Crippen LogP contribution in [-0.4, -0.2) is 22.2 Å². The number of para-hydroxylation sites is 1. The molecule has 22 heavy (non-hydrogen) atoms. The molecule has 1 amide bonds. The van der Waals surface area contributed by atoms with Gasteiger partial charge in [0, 0.05) is 6.54 Å². The molecule has 0 aliphatic rings. The lowest BCUT2D eigenvalue weighted by atomic mass is 10.2. The van der Waals surface area contributed by atoms with Gasteiger partial charge in [0.15, 0.2) is 0 Å². The summed E-state index contributed by atoms with van der Waals surface area (Å²) in [6, 6.07) is 15.6. The van der Waals surface area contributed by atoms with E-state index in [2.05, 4.69) is 10.4 Å². The van der Waals surface area contributed by atoms with Gasteiger partial charge in [-0.05, 0) is 36.1 Å². The third kappa shape index (κ3) is 2.94. The Balaban J connectivity index is 2.04. The number of carbonyl (C=O) groups excluding carboxylic acids is 1. The maximum Gasteiger partial charge on any atom is 0.270 e. The highest BCUT2D eigenvalue weighted by Gasteiger charge is 2.17. The fourth-order valence-corrected chi connectivity index (χ4v) is 2.86. The van der Waals surface area contributed by atoms with E-state index < -0.39 is 0 Å². The summed E-state index contributed by atoms with van der Waals surface area (Å²) in [5, 5.41) is 9.55. The quantitative estimate of drug-likeness (QED) is 0.780. The second kappa shape index (κ2) is 6.58. The Hall–Kier alpha value is -2.40. The van der Waals surface area contributed by atoms with E-state index in [1.807, 2.05) is 60.8 Å². The molecule has 112 valence electrons. The number of nitrogens with zero attached hydrogens (tertiary/aromatic N) is 2. The third-order valence-corrected chi connectivity index (χ3v) is 4.14. The monoisotopic (exact) mass is 311 g/mol. The molecule has 1 aromatic carbocycles. The van der Waals surface area contributed by atoms with Gasteiger partial charge < -0.3 is 5.32 Å². The molecule has 5 heteroatoms. The summed E-state index contributed by atoms with van der Waals surface area (Å²) in [6.07, 6.45) is 0.906. The zero-order chi connectivity index (χ0) is 15.4. The number of hydrogen-bond donors (Lipinski definition) is 1. The van der Waals surface area contributed by atoms with Crippen LogP contribution in [0.1, 0.15) is 23.8 Å². The molecule has 0 saturated carbocycles. The van der Waals surface area contributed by atoms with Gasteiger partial charge in [-0.25, -0.2) is 4.68 Å². The first kappa shape index (κ1) is 14.5. The van der Waals surface area contributed by atoms with Gasteiger partial charge in [-0.15, -0.1) is 11.3 Å². The van der Waals surface area contributed by atoms with Crippen molar-refractivity contribution in [3.8, 4) is 16.3 Å². The minimum Gasteiger partial charge on any atom is -0.351 e. The first-order chi connectivity index (χ1) is 10.8. The van der Waals surface area contributed by atoms with Crippen LogP contribution in [0.4, 0.5) is 0 Å². The zero-order valence-electron chi connectivity index (χ0n) is 12.3. The van der Waals surface area contributed by atoms with Gasteiger partial charge in [0.05, 0.1) is 10.6 Å². The number of amides is 1. The minimum absolute atomic E-state index is 0.0963. The number of hydrogen-bond acceptors (Lipinski definition) is 3. The van der Waals surface area contributed by atoms with Crippen molar-refractivity contribution in [1.29, 1.82) is 0 Å². The highest BCUT2D eigenvalue weighted by Crippen LogP contribution is 2.25. The fourth-order valence-electron chi connectivity index (χ4n) is 2.18. The van der Waals surface area contributed by atoms with Crippen LogP contribution in [0.5, 0.6) is 0 Å². The minimum atomic E-state index is -0.0963. The summed E-state index contributed by atoms with van der Waals surface area (Å²) >= 11 is 1.62. The molecule has 0 saturated heterocycles. The molecule has 0 atom stereocenters. The number of rotatable bonds is 5. The summed E-state index contributed by atoms with van der Waals surface area (Å²) in [5.41, 5.74) is 2.26. The van der Waals surface area contributed by atoms with E-state index in [1.54, 1.807) is 16.0 Å². The van der Waals surface area contributed by atoms with Crippen LogP contribution in [0.25, 0.3) is 16.3 Å². The molecule has 0 fully saturated rings. The van der Waals surface area contributed by atoms with Gasteiger partial charge in [-0.2, -0.15) is 5.10 Å². The van der Waals surface area contributed by atoms with E-state index in [1.165, 1.54) is 0 Å². The van der Waals surface area contributed by atoms with Crippen LogP contribution in [0, 0.1) is 0 Å². The number of aromatic nitrogens is 2. The Morgan fingerprint density at radius 1 is 1.23 bits per heavy atom. The Bertz CT molecular complexity index is 748. The average Bonchev–Trinajstić information content (AvgIpc) is 3.22. The van der Waals surface area contributed by atoms with Crippen molar-refractivity contribution in [3.63, 3.8) is 0 Å². The van der Waals surface area contributed by atoms with Crippen molar-refractivity contribution in [3.05, 3.63) is 59.6 Å². The first-order valence-electron chi connectivity index (χ1n) is 7.27. The summed E-state index contributed by atoms with van der Waals surface area (Å²) in [6.45, 7) is 2.69. The molecule has 0 spiro atoms. The Kier molecular flexibility index (Phi) is 4.34. The molecule has 3 aromatic rings. The fraction of sp³-hybridized carbons (Fsp3) is 0.176. The molecule has 0 aliphatic heterocycles. The van der Waals surface area contributed by atoms with Gasteiger partial charge >= 0.3 is 0 Å². The summed E-state index contributed by atoms with van der Waals surface area (Å²) in [5.74, 6) is -0.0963. The van der Waals surface area contributed by atoms with Crippen LogP contribution in [0.3, 0.4) is 0 Å². The first-order valence-corrected chi connectivity index (χ1v) is 8.15. The summed E-state index contributed by atoms with van der Waals surface area (Å²) in [7, 11) is 0. The lowest BCUT2D eigenvalue weighted by molar-refractivity contribution is 0.0946. The smallest absolute Gasteiger partial charge is 0.270 e. The van der Waals surface area contributed by atoms with Crippen LogP contribution >= 0.6 is 11.3 Å². The lowest BCUT2D eigenvalue weighted by Crippen LogP contribution is -2.26. The number of benzene rings is 1. The van der Waals surface area contributed by atoms with Crippen LogP contribution in [-0.2, 0) is 0 Å². The molecule has 0 aliphatic carbocycles. The molecule has 2 heterocycles. The van der Waals surface area contributed by atoms with E-state index in [-0.39, 0.29) is 5.91 Å². The van der Waals surface area contributed by atoms with Crippen LogP contribution in [0.2, 0.25) is 0 Å². The molecule has 3 rings (SSSR count). The van der Waals surface area contributed by atoms with Crippen LogP contribution < -0.4 is 5.32 Å². The third-order valence-electron chi connectivity index (χ3n) is 3.25. The van der Waals surface area contributed by atoms with Crippen LogP contribution in [0.15, 0.2) is 53.9 Å². The summed E-state index contributed by atoms with van der Waals surface area (Å²) < 4.78 is 1.71. The molecule has 0 bridgehead atoms. The SMILES string of the molecule is CCCNC(=O)c1cc(-c2cccs2)nn1-c1ccccc1. The predicted octanol–water partition coefficient (Wildman–Crippen LogP) is 3.74. The molecular formula is C17H17N3OS. The average molecular weight is 311 g/mol. The number of carbonyl (C=O) groups is 1. The lowest BCUT2D eigenvalue weighted by Gasteiger charge is -2.07. The van der Waals surface area contributed by atoms with Crippen molar-refractivity contribution in [2.75, 3.05) is 6.54 Å². The van der Waals surface area contributed by atoms with Crippen molar-refractivity contribution in [2.24, 2.45) is 0 Å². The van der Waals surface area contributed by atoms with E-state index >= 15 is 0 Å². The Morgan fingerprint density at radius 3 is 2.73 bits per heavy atom. The zero-order valence-corrected chi connectivity index (χ0v) is 13.1. The second-order valence-electron chi connectivity index (χ2n) is 4.90. The number of nitrogens with one attached hydrogen (secondary N) is 1. The largest absolute Gasteiger partial charge is 0.351 e. The Labute approximate surface area is 133 Å².